The first kappa shape index (κ1) is 11.5. The summed E-state index contributed by atoms with van der Waals surface area (Å²) < 4.78 is 5.38. The molecule has 0 saturated carbocycles. The van der Waals surface area contributed by atoms with Crippen molar-refractivity contribution in [1.82, 2.24) is 4.98 Å². The fourth-order valence-corrected chi connectivity index (χ4v) is 1.14. The van der Waals surface area contributed by atoms with Crippen LogP contribution in [0.1, 0.15) is 36.5 Å². The number of rotatable bonds is 6. The quantitative estimate of drug-likeness (QED) is 0.724. The van der Waals surface area contributed by atoms with Gasteiger partial charge in [-0.05, 0) is 12.5 Å². The summed E-state index contributed by atoms with van der Waals surface area (Å²) in [5, 5.41) is 0. The van der Waals surface area contributed by atoms with E-state index in [1.54, 1.807) is 12.1 Å². The number of nitrogens with two attached hydrogens (primary N) is 1. The Morgan fingerprint density at radius 1 is 1.47 bits per heavy atom. The molecule has 0 aliphatic carbocycles. The summed E-state index contributed by atoms with van der Waals surface area (Å²) in [7, 11) is 0. The van der Waals surface area contributed by atoms with E-state index in [0.717, 1.165) is 19.3 Å². The van der Waals surface area contributed by atoms with Crippen LogP contribution in [0.25, 0.3) is 0 Å². The fraction of sp³-hybridized carbons (Fsp3) is 0.455. The van der Waals surface area contributed by atoms with Gasteiger partial charge in [0, 0.05) is 12.3 Å². The summed E-state index contributed by atoms with van der Waals surface area (Å²) >= 11 is 0. The van der Waals surface area contributed by atoms with E-state index in [1.807, 2.05) is 0 Å². The zero-order chi connectivity index (χ0) is 11.1. The van der Waals surface area contributed by atoms with Gasteiger partial charge in [0.25, 0.3) is 0 Å². The van der Waals surface area contributed by atoms with Crippen molar-refractivity contribution >= 4 is 5.91 Å². The van der Waals surface area contributed by atoms with Gasteiger partial charge in [-0.25, -0.2) is 4.98 Å². The van der Waals surface area contributed by atoms with Gasteiger partial charge in [-0.1, -0.05) is 19.8 Å². The van der Waals surface area contributed by atoms with E-state index < -0.39 is 5.91 Å². The molecule has 1 amide bonds. The number of hydrogen-bond donors (Lipinski definition) is 1. The van der Waals surface area contributed by atoms with Crippen molar-refractivity contribution in [3.8, 4) is 5.88 Å². The number of pyridine rings is 1. The molecular formula is C11H16N2O2. The Morgan fingerprint density at radius 3 is 2.80 bits per heavy atom. The minimum absolute atomic E-state index is 0.399. The van der Waals surface area contributed by atoms with E-state index in [0.29, 0.717) is 18.1 Å². The molecule has 4 nitrogen and oxygen atoms in total. The lowest BCUT2D eigenvalue weighted by Gasteiger charge is -2.04. The van der Waals surface area contributed by atoms with Crippen LogP contribution in [-0.2, 0) is 0 Å². The molecule has 0 aromatic carbocycles. The maximum atomic E-state index is 10.8. The molecule has 15 heavy (non-hydrogen) atoms. The smallest absolute Gasteiger partial charge is 0.250 e. The van der Waals surface area contributed by atoms with E-state index in [9.17, 15) is 4.79 Å². The minimum atomic E-state index is -0.472. The standard InChI is InChI=1S/C11H16N2O2/c1-2-3-4-7-15-10-6-5-9(8-13-10)11(12)14/h5-6,8H,2-4,7H2,1H3,(H2,12,14). The van der Waals surface area contributed by atoms with Gasteiger partial charge in [0.1, 0.15) is 0 Å². The molecule has 0 bridgehead atoms. The Bertz CT molecular complexity index is 309. The average molecular weight is 208 g/mol. The maximum absolute atomic E-state index is 10.8. The second-order valence-corrected chi connectivity index (χ2v) is 3.30. The Labute approximate surface area is 89.5 Å². The number of hydrogen-bond acceptors (Lipinski definition) is 3. The van der Waals surface area contributed by atoms with Crippen molar-refractivity contribution in [2.75, 3.05) is 6.61 Å². The number of nitrogens with zero attached hydrogens (tertiary/aromatic N) is 1. The summed E-state index contributed by atoms with van der Waals surface area (Å²) in [6.45, 7) is 2.80. The molecule has 0 atom stereocenters. The highest BCUT2D eigenvalue weighted by molar-refractivity contribution is 5.92. The van der Waals surface area contributed by atoms with Gasteiger partial charge >= 0.3 is 0 Å². The molecule has 0 aliphatic heterocycles. The molecule has 0 aliphatic rings. The first-order chi connectivity index (χ1) is 7.24. The van der Waals surface area contributed by atoms with Gasteiger partial charge in [-0.3, -0.25) is 4.79 Å². The zero-order valence-electron chi connectivity index (χ0n) is 8.90. The molecule has 0 unspecified atom stereocenters. The normalized spacial score (nSPS) is 9.93. The Kier molecular flexibility index (Phi) is 4.60. The Morgan fingerprint density at radius 2 is 2.27 bits per heavy atom. The fourth-order valence-electron chi connectivity index (χ4n) is 1.14. The second kappa shape index (κ2) is 6.01. The molecule has 1 heterocycles. The monoisotopic (exact) mass is 208 g/mol. The minimum Gasteiger partial charge on any atom is -0.478 e. The van der Waals surface area contributed by atoms with Gasteiger partial charge in [0.05, 0.1) is 12.2 Å². The lowest BCUT2D eigenvalue weighted by Crippen LogP contribution is -2.11. The third kappa shape index (κ3) is 3.97. The van der Waals surface area contributed by atoms with E-state index in [1.165, 1.54) is 6.20 Å². The van der Waals surface area contributed by atoms with Crippen molar-refractivity contribution < 1.29 is 9.53 Å². The first-order valence-electron chi connectivity index (χ1n) is 5.12. The highest BCUT2D eigenvalue weighted by atomic mass is 16.5. The Balaban J connectivity index is 2.39. The van der Waals surface area contributed by atoms with Crippen molar-refractivity contribution in [1.29, 1.82) is 0 Å². The molecule has 0 fully saturated rings. The first-order valence-corrected chi connectivity index (χ1v) is 5.12. The predicted molar refractivity (Wildman–Crippen MR) is 57.8 cm³/mol. The molecule has 4 heteroatoms. The summed E-state index contributed by atoms with van der Waals surface area (Å²) in [6, 6.07) is 3.27. The molecular weight excluding hydrogens is 192 g/mol. The van der Waals surface area contributed by atoms with Crippen molar-refractivity contribution in [3.05, 3.63) is 23.9 Å². The van der Waals surface area contributed by atoms with Crippen molar-refractivity contribution in [2.45, 2.75) is 26.2 Å². The molecule has 1 aromatic heterocycles. The number of carbonyl (C=O) groups excluding carboxylic acids is 1. The Hall–Kier alpha value is -1.58. The number of aromatic nitrogens is 1. The molecule has 2 N–H and O–H groups in total. The highest BCUT2D eigenvalue weighted by Gasteiger charge is 2.00. The van der Waals surface area contributed by atoms with Crippen molar-refractivity contribution in [3.63, 3.8) is 0 Å². The van der Waals surface area contributed by atoms with Gasteiger partial charge < -0.3 is 10.5 Å². The van der Waals surface area contributed by atoms with Gasteiger partial charge in [0.2, 0.25) is 11.8 Å². The van der Waals surface area contributed by atoms with Crippen LogP contribution >= 0.6 is 0 Å². The van der Waals surface area contributed by atoms with Crippen LogP contribution < -0.4 is 10.5 Å². The third-order valence-corrected chi connectivity index (χ3v) is 2.02. The number of amides is 1. The SMILES string of the molecule is CCCCCOc1ccc(C(N)=O)cn1. The lowest BCUT2D eigenvalue weighted by atomic mass is 10.2. The number of ether oxygens (including phenoxy) is 1. The second-order valence-electron chi connectivity index (χ2n) is 3.30. The van der Waals surface area contributed by atoms with Gasteiger partial charge in [-0.15, -0.1) is 0 Å². The lowest BCUT2D eigenvalue weighted by molar-refractivity contribution is 0.1000. The van der Waals surface area contributed by atoms with Gasteiger partial charge in [0.15, 0.2) is 0 Å². The number of unbranched alkanes of at least 4 members (excludes halogenated alkanes) is 2. The van der Waals surface area contributed by atoms with Crippen LogP contribution in [0.3, 0.4) is 0 Å². The summed E-state index contributed by atoms with van der Waals surface area (Å²) in [6.07, 6.45) is 4.77. The molecule has 0 saturated heterocycles. The largest absolute Gasteiger partial charge is 0.478 e. The van der Waals surface area contributed by atoms with Crippen LogP contribution in [0, 0.1) is 0 Å². The highest BCUT2D eigenvalue weighted by Crippen LogP contribution is 2.08. The number of carbonyl (C=O) groups is 1. The summed E-state index contributed by atoms with van der Waals surface area (Å²) in [5.74, 6) is 0.0659. The van der Waals surface area contributed by atoms with Crippen molar-refractivity contribution in [2.24, 2.45) is 5.73 Å². The van der Waals surface area contributed by atoms with E-state index in [2.05, 4.69) is 11.9 Å². The summed E-state index contributed by atoms with van der Waals surface area (Å²) in [5.41, 5.74) is 5.48. The van der Waals surface area contributed by atoms with Crippen LogP contribution in [0.2, 0.25) is 0 Å². The van der Waals surface area contributed by atoms with E-state index in [4.69, 9.17) is 10.5 Å². The zero-order valence-corrected chi connectivity index (χ0v) is 8.90. The van der Waals surface area contributed by atoms with E-state index in [-0.39, 0.29) is 0 Å². The topological polar surface area (TPSA) is 65.2 Å². The summed E-state index contributed by atoms with van der Waals surface area (Å²) in [4.78, 5) is 14.7. The maximum Gasteiger partial charge on any atom is 0.250 e. The van der Waals surface area contributed by atoms with Crippen LogP contribution in [0.15, 0.2) is 18.3 Å². The van der Waals surface area contributed by atoms with Crippen LogP contribution in [0.4, 0.5) is 0 Å². The molecule has 0 radical (unpaired) electrons. The third-order valence-electron chi connectivity index (χ3n) is 2.02. The van der Waals surface area contributed by atoms with Crippen LogP contribution in [0.5, 0.6) is 5.88 Å². The van der Waals surface area contributed by atoms with Gasteiger partial charge in [-0.2, -0.15) is 0 Å². The molecule has 0 spiro atoms. The average Bonchev–Trinajstić information content (AvgIpc) is 2.25. The predicted octanol–water partition coefficient (Wildman–Crippen LogP) is 1.75. The molecule has 1 rings (SSSR count). The number of primary amides is 1. The van der Waals surface area contributed by atoms with E-state index >= 15 is 0 Å². The molecule has 82 valence electrons. The molecule has 1 aromatic rings. The van der Waals surface area contributed by atoms with Crippen LogP contribution in [-0.4, -0.2) is 17.5 Å².